The molecule has 0 aliphatic heterocycles. The van der Waals surface area contributed by atoms with Crippen LogP contribution in [0.4, 0.5) is 0 Å². The highest BCUT2D eigenvalue weighted by Crippen LogP contribution is 2.65. The summed E-state index contributed by atoms with van der Waals surface area (Å²) in [5.41, 5.74) is 0.681. The number of rotatable bonds is 7. The van der Waals surface area contributed by atoms with Crippen LogP contribution >= 0.6 is 0 Å². The lowest BCUT2D eigenvalue weighted by Gasteiger charge is -2.56. The quantitative estimate of drug-likeness (QED) is 0.217. The van der Waals surface area contributed by atoms with E-state index >= 15 is 0 Å². The SMILES string of the molecule is C=C.CCC=C/C=C\CCC[C@H]1CC[C@H]2[C@@H]3CCC4CC(CC)CCC4[C@H]3CC[C@]12C. The van der Waals surface area contributed by atoms with Crippen molar-refractivity contribution in [2.45, 2.75) is 111 Å². The molecule has 0 saturated heterocycles. The first-order valence-corrected chi connectivity index (χ1v) is 14.0. The van der Waals surface area contributed by atoms with Crippen LogP contribution in [0.25, 0.3) is 0 Å². The Morgan fingerprint density at radius 1 is 0.839 bits per heavy atom. The lowest BCUT2D eigenvalue weighted by molar-refractivity contribution is -0.0690. The van der Waals surface area contributed by atoms with E-state index < -0.39 is 0 Å². The van der Waals surface area contributed by atoms with Gasteiger partial charge >= 0.3 is 0 Å². The zero-order chi connectivity index (χ0) is 22.3. The topological polar surface area (TPSA) is 0 Å². The van der Waals surface area contributed by atoms with Gasteiger partial charge in [0, 0.05) is 0 Å². The van der Waals surface area contributed by atoms with E-state index in [0.717, 1.165) is 47.8 Å². The highest BCUT2D eigenvalue weighted by atomic mass is 14.6. The maximum absolute atomic E-state index is 3.00. The Balaban J connectivity index is 0.00000132. The summed E-state index contributed by atoms with van der Waals surface area (Å²) < 4.78 is 0. The average Bonchev–Trinajstić information content (AvgIpc) is 3.15. The molecule has 31 heavy (non-hydrogen) atoms. The van der Waals surface area contributed by atoms with E-state index in [2.05, 4.69) is 58.2 Å². The van der Waals surface area contributed by atoms with Gasteiger partial charge in [-0.2, -0.15) is 0 Å². The second kappa shape index (κ2) is 11.9. The number of hydrogen-bond acceptors (Lipinski definition) is 0. The maximum atomic E-state index is 3.00. The molecular weight excluding hydrogens is 372 g/mol. The predicted molar refractivity (Wildman–Crippen MR) is 138 cm³/mol. The largest absolute Gasteiger partial charge is 0.106 e. The van der Waals surface area contributed by atoms with Crippen molar-refractivity contribution in [3.8, 4) is 0 Å². The Morgan fingerprint density at radius 2 is 1.61 bits per heavy atom. The van der Waals surface area contributed by atoms with E-state index in [1.165, 1.54) is 32.1 Å². The van der Waals surface area contributed by atoms with Crippen molar-refractivity contribution < 1.29 is 0 Å². The van der Waals surface area contributed by atoms with Crippen LogP contribution in [-0.2, 0) is 0 Å². The standard InChI is InChI=1S/C29H48.C2H4/c1-4-6-7-8-9-10-11-12-24-15-18-28-27-17-14-23-21-22(5-2)13-16-25(23)26(27)19-20-29(24,28)3;1-2/h6-9,22-28H,4-5,10-21H2,1-3H3;1-2H2/b7-6?,9-8-;/t22?,23?,24-,25?,26+,27+,28-,29+;/m0./s1. The first-order chi connectivity index (χ1) is 15.2. The number of hydrogen-bond donors (Lipinski definition) is 0. The van der Waals surface area contributed by atoms with Gasteiger partial charge in [0.2, 0.25) is 0 Å². The van der Waals surface area contributed by atoms with Crippen LogP contribution in [0.2, 0.25) is 0 Å². The van der Waals surface area contributed by atoms with Gasteiger partial charge in [0.05, 0.1) is 0 Å². The van der Waals surface area contributed by atoms with Gasteiger partial charge in [-0.05, 0) is 124 Å². The fourth-order valence-corrected chi connectivity index (χ4v) is 8.78. The normalized spacial score (nSPS) is 42.0. The molecule has 3 unspecified atom stereocenters. The second-order valence-electron chi connectivity index (χ2n) is 11.5. The minimum Gasteiger partial charge on any atom is -0.106 e. The van der Waals surface area contributed by atoms with Gasteiger partial charge in [-0.1, -0.05) is 57.9 Å². The van der Waals surface area contributed by atoms with Gasteiger partial charge in [0.25, 0.3) is 0 Å². The molecule has 0 aromatic carbocycles. The molecular formula is C31H52. The number of unbranched alkanes of at least 4 members (excludes halogenated alkanes) is 1. The maximum Gasteiger partial charge on any atom is -0.0266 e. The molecule has 4 saturated carbocycles. The van der Waals surface area contributed by atoms with Crippen molar-refractivity contribution in [1.29, 1.82) is 0 Å². The molecule has 176 valence electrons. The van der Waals surface area contributed by atoms with Crippen LogP contribution in [0.5, 0.6) is 0 Å². The third kappa shape index (κ3) is 5.42. The van der Waals surface area contributed by atoms with E-state index in [-0.39, 0.29) is 0 Å². The Kier molecular flexibility index (Phi) is 9.54. The van der Waals surface area contributed by atoms with E-state index in [0.29, 0.717) is 5.41 Å². The fourth-order valence-electron chi connectivity index (χ4n) is 8.78. The number of fused-ring (bicyclic) bond motifs is 5. The summed E-state index contributed by atoms with van der Waals surface area (Å²) in [5.74, 6) is 7.56. The smallest absolute Gasteiger partial charge is 0.0266 e. The minimum absolute atomic E-state index is 0.681. The van der Waals surface area contributed by atoms with E-state index in [1.54, 1.807) is 51.4 Å². The summed E-state index contributed by atoms with van der Waals surface area (Å²) in [7, 11) is 0. The molecule has 0 N–H and O–H groups in total. The molecule has 0 heteroatoms. The predicted octanol–water partition coefficient (Wildman–Crippen LogP) is 9.78. The van der Waals surface area contributed by atoms with Crippen molar-refractivity contribution in [1.82, 2.24) is 0 Å². The van der Waals surface area contributed by atoms with Gasteiger partial charge in [-0.3, -0.25) is 0 Å². The van der Waals surface area contributed by atoms with Crippen LogP contribution in [-0.4, -0.2) is 0 Å². The second-order valence-corrected chi connectivity index (χ2v) is 11.5. The Hall–Kier alpha value is -0.780. The molecule has 0 spiro atoms. The summed E-state index contributed by atoms with van der Waals surface area (Å²) >= 11 is 0. The van der Waals surface area contributed by atoms with Gasteiger partial charge in [0.1, 0.15) is 0 Å². The fraction of sp³-hybridized carbons (Fsp3) is 0.806. The summed E-state index contributed by atoms with van der Waals surface area (Å²) in [6.07, 6.45) is 30.0. The third-order valence-corrected chi connectivity index (χ3v) is 10.4. The molecule has 0 nitrogen and oxygen atoms in total. The summed E-state index contributed by atoms with van der Waals surface area (Å²) in [4.78, 5) is 0. The average molecular weight is 425 g/mol. The van der Waals surface area contributed by atoms with E-state index in [9.17, 15) is 0 Å². The zero-order valence-corrected chi connectivity index (χ0v) is 21.2. The van der Waals surface area contributed by atoms with Crippen LogP contribution < -0.4 is 0 Å². The molecule has 4 fully saturated rings. The molecule has 0 amide bonds. The van der Waals surface area contributed by atoms with Crippen LogP contribution in [0, 0.1) is 46.8 Å². The van der Waals surface area contributed by atoms with E-state index in [1.807, 2.05) is 0 Å². The highest BCUT2D eigenvalue weighted by Gasteiger charge is 2.56. The van der Waals surface area contributed by atoms with Gasteiger partial charge in [-0.15, -0.1) is 13.2 Å². The Bertz CT molecular complexity index is 585. The minimum atomic E-state index is 0.681. The van der Waals surface area contributed by atoms with Crippen molar-refractivity contribution in [3.63, 3.8) is 0 Å². The van der Waals surface area contributed by atoms with Crippen molar-refractivity contribution in [3.05, 3.63) is 37.5 Å². The molecule has 0 heterocycles. The van der Waals surface area contributed by atoms with Crippen LogP contribution in [0.15, 0.2) is 37.5 Å². The van der Waals surface area contributed by atoms with E-state index in [4.69, 9.17) is 0 Å². The zero-order valence-electron chi connectivity index (χ0n) is 21.2. The van der Waals surface area contributed by atoms with Crippen molar-refractivity contribution in [2.75, 3.05) is 0 Å². The molecule has 4 rings (SSSR count). The molecule has 4 aliphatic rings. The summed E-state index contributed by atoms with van der Waals surface area (Å²) in [5, 5.41) is 0. The Morgan fingerprint density at radius 3 is 2.39 bits per heavy atom. The van der Waals surface area contributed by atoms with Crippen LogP contribution in [0.3, 0.4) is 0 Å². The lowest BCUT2D eigenvalue weighted by atomic mass is 9.49. The van der Waals surface area contributed by atoms with Crippen molar-refractivity contribution in [2.24, 2.45) is 46.8 Å². The Labute approximate surface area is 195 Å². The number of allylic oxidation sites excluding steroid dienone is 4. The summed E-state index contributed by atoms with van der Waals surface area (Å²) in [6.45, 7) is 13.4. The molecule has 0 aromatic rings. The molecule has 0 bridgehead atoms. The van der Waals surface area contributed by atoms with Gasteiger partial charge in [0.15, 0.2) is 0 Å². The van der Waals surface area contributed by atoms with Crippen LogP contribution in [0.1, 0.15) is 111 Å². The van der Waals surface area contributed by atoms with Crippen molar-refractivity contribution >= 4 is 0 Å². The first kappa shape index (κ1) is 24.9. The first-order valence-electron chi connectivity index (χ1n) is 14.0. The van der Waals surface area contributed by atoms with Gasteiger partial charge in [-0.25, -0.2) is 0 Å². The molecule has 8 atom stereocenters. The highest BCUT2D eigenvalue weighted by molar-refractivity contribution is 5.06. The molecule has 0 aromatic heterocycles. The molecule has 0 radical (unpaired) electrons. The lowest BCUT2D eigenvalue weighted by Crippen LogP contribution is -2.48. The van der Waals surface area contributed by atoms with Gasteiger partial charge < -0.3 is 0 Å². The molecule has 4 aliphatic carbocycles. The summed E-state index contributed by atoms with van der Waals surface area (Å²) in [6, 6.07) is 0. The third-order valence-electron chi connectivity index (χ3n) is 10.4. The monoisotopic (exact) mass is 424 g/mol.